The summed E-state index contributed by atoms with van der Waals surface area (Å²) in [6.07, 6.45) is 1.47. The third-order valence-corrected chi connectivity index (χ3v) is 1.50. The fourth-order valence-electron chi connectivity index (χ4n) is 0.905. The fourth-order valence-corrected chi connectivity index (χ4v) is 0.905. The number of hydrogen-bond acceptors (Lipinski definition) is 4. The van der Waals surface area contributed by atoms with Crippen LogP contribution in [0.5, 0.6) is 0 Å². The van der Waals surface area contributed by atoms with Gasteiger partial charge in [-0.1, -0.05) is 0 Å². The van der Waals surface area contributed by atoms with Crippen molar-refractivity contribution >= 4 is 11.7 Å². The van der Waals surface area contributed by atoms with Crippen molar-refractivity contribution in [2.75, 3.05) is 0 Å². The van der Waals surface area contributed by atoms with Crippen molar-refractivity contribution in [3.05, 3.63) is 24.0 Å². The van der Waals surface area contributed by atoms with Gasteiger partial charge in [0.25, 0.3) is 0 Å². The molecule has 0 radical (unpaired) electrons. The predicted molar refractivity (Wildman–Crippen MR) is 49.2 cm³/mol. The zero-order chi connectivity index (χ0) is 10.4. The van der Waals surface area contributed by atoms with Crippen LogP contribution in [0.25, 0.3) is 0 Å². The minimum atomic E-state index is -0.289. The molecular formula is C9H11N3O2. The summed E-state index contributed by atoms with van der Waals surface area (Å²) >= 11 is 0. The molecule has 74 valence electrons. The number of ketones is 1. The molecule has 1 heterocycles. The van der Waals surface area contributed by atoms with Gasteiger partial charge in [-0.3, -0.25) is 9.59 Å². The number of amides is 1. The minimum absolute atomic E-state index is 0.0831. The van der Waals surface area contributed by atoms with Gasteiger partial charge in [0.15, 0.2) is 0 Å². The van der Waals surface area contributed by atoms with Crippen molar-refractivity contribution in [3.8, 4) is 0 Å². The molecule has 0 unspecified atom stereocenters. The van der Waals surface area contributed by atoms with Crippen LogP contribution in [-0.4, -0.2) is 21.9 Å². The maximum Gasteiger partial charge on any atom is 0.227 e. The predicted octanol–water partition coefficient (Wildman–Crippen LogP) is 0.0719. The topological polar surface area (TPSA) is 72.0 Å². The van der Waals surface area contributed by atoms with Crippen LogP contribution in [0.4, 0.5) is 0 Å². The second-order valence-electron chi connectivity index (χ2n) is 2.87. The first-order valence-electron chi connectivity index (χ1n) is 4.21. The Labute approximate surface area is 81.5 Å². The summed E-state index contributed by atoms with van der Waals surface area (Å²) < 4.78 is 0. The Morgan fingerprint density at radius 2 is 2.29 bits per heavy atom. The van der Waals surface area contributed by atoms with Gasteiger partial charge in [0.1, 0.15) is 5.78 Å². The molecule has 1 aromatic heterocycles. The maximum atomic E-state index is 11.0. The van der Waals surface area contributed by atoms with Gasteiger partial charge in [-0.15, -0.1) is 0 Å². The van der Waals surface area contributed by atoms with E-state index in [0.29, 0.717) is 12.2 Å². The average Bonchev–Trinajstić information content (AvgIpc) is 2.15. The summed E-state index contributed by atoms with van der Waals surface area (Å²) in [5.41, 5.74) is 0.671. The second-order valence-corrected chi connectivity index (χ2v) is 2.87. The third-order valence-electron chi connectivity index (χ3n) is 1.50. The zero-order valence-electron chi connectivity index (χ0n) is 7.86. The number of nitrogens with one attached hydrogen (secondary N) is 1. The van der Waals surface area contributed by atoms with E-state index in [-0.39, 0.29) is 18.1 Å². The molecule has 0 aliphatic carbocycles. The van der Waals surface area contributed by atoms with Gasteiger partial charge in [-0.2, -0.15) is 10.2 Å². The Hall–Kier alpha value is -1.78. The van der Waals surface area contributed by atoms with Crippen LogP contribution in [0.3, 0.4) is 0 Å². The van der Waals surface area contributed by atoms with Gasteiger partial charge in [0.2, 0.25) is 5.91 Å². The van der Waals surface area contributed by atoms with E-state index in [9.17, 15) is 9.59 Å². The summed E-state index contributed by atoms with van der Waals surface area (Å²) in [4.78, 5) is 21.6. The summed E-state index contributed by atoms with van der Waals surface area (Å²) in [5.74, 6) is -0.440. The van der Waals surface area contributed by atoms with Crippen molar-refractivity contribution in [2.45, 2.75) is 19.9 Å². The van der Waals surface area contributed by atoms with Crippen LogP contribution in [0.15, 0.2) is 18.3 Å². The van der Waals surface area contributed by atoms with Gasteiger partial charge in [-0.25, -0.2) is 0 Å². The van der Waals surface area contributed by atoms with Crippen LogP contribution in [0.1, 0.15) is 19.0 Å². The number of rotatable bonds is 4. The van der Waals surface area contributed by atoms with E-state index < -0.39 is 0 Å². The molecule has 0 saturated heterocycles. The Bertz CT molecular complexity index is 324. The molecule has 0 aliphatic rings. The number of Topliss-reactive ketones (excluding diaryl/α,β-unsaturated/α-hetero) is 1. The van der Waals surface area contributed by atoms with E-state index in [2.05, 4.69) is 15.5 Å². The first-order chi connectivity index (χ1) is 6.68. The molecular weight excluding hydrogens is 182 g/mol. The molecule has 0 fully saturated rings. The van der Waals surface area contributed by atoms with Crippen molar-refractivity contribution < 1.29 is 9.59 Å². The summed E-state index contributed by atoms with van der Waals surface area (Å²) in [5, 5.41) is 10.0. The Kier molecular flexibility index (Phi) is 3.72. The van der Waals surface area contributed by atoms with Crippen LogP contribution in [0.2, 0.25) is 0 Å². The molecule has 5 heteroatoms. The van der Waals surface area contributed by atoms with Crippen LogP contribution in [0, 0.1) is 0 Å². The smallest absolute Gasteiger partial charge is 0.227 e. The first-order valence-corrected chi connectivity index (χ1v) is 4.21. The zero-order valence-corrected chi connectivity index (χ0v) is 7.86. The highest BCUT2D eigenvalue weighted by Crippen LogP contribution is 1.90. The molecule has 14 heavy (non-hydrogen) atoms. The SMILES string of the molecule is CC(=O)CC(=O)NCc1cccnn1. The average molecular weight is 193 g/mol. The number of hydrogen-bond donors (Lipinski definition) is 1. The Morgan fingerprint density at radius 1 is 1.50 bits per heavy atom. The molecule has 0 saturated carbocycles. The molecule has 0 atom stereocenters. The molecule has 1 N–H and O–H groups in total. The van der Waals surface area contributed by atoms with Gasteiger partial charge in [-0.05, 0) is 19.1 Å². The molecule has 5 nitrogen and oxygen atoms in total. The van der Waals surface area contributed by atoms with E-state index >= 15 is 0 Å². The molecule has 1 rings (SSSR count). The Morgan fingerprint density at radius 3 is 2.86 bits per heavy atom. The lowest BCUT2D eigenvalue weighted by Gasteiger charge is -2.01. The van der Waals surface area contributed by atoms with Crippen LogP contribution >= 0.6 is 0 Å². The highest BCUT2D eigenvalue weighted by Gasteiger charge is 2.04. The molecule has 1 aromatic rings. The first kappa shape index (κ1) is 10.3. The summed E-state index contributed by atoms with van der Waals surface area (Å²) in [6, 6.07) is 3.49. The van der Waals surface area contributed by atoms with Gasteiger partial charge >= 0.3 is 0 Å². The Balaban J connectivity index is 2.34. The van der Waals surface area contributed by atoms with Crippen molar-refractivity contribution in [3.63, 3.8) is 0 Å². The van der Waals surface area contributed by atoms with E-state index in [1.54, 1.807) is 18.3 Å². The van der Waals surface area contributed by atoms with Gasteiger partial charge < -0.3 is 5.32 Å². The fraction of sp³-hybridized carbons (Fsp3) is 0.333. The third kappa shape index (κ3) is 3.75. The lowest BCUT2D eigenvalue weighted by Crippen LogP contribution is -2.24. The van der Waals surface area contributed by atoms with E-state index in [0.717, 1.165) is 0 Å². The lowest BCUT2D eigenvalue weighted by atomic mass is 10.3. The summed E-state index contributed by atoms with van der Waals surface area (Å²) in [7, 11) is 0. The lowest BCUT2D eigenvalue weighted by molar-refractivity contribution is -0.127. The van der Waals surface area contributed by atoms with Gasteiger partial charge in [0.05, 0.1) is 18.7 Å². The quantitative estimate of drug-likeness (QED) is 0.687. The molecule has 0 aliphatic heterocycles. The molecule has 0 bridgehead atoms. The molecule has 0 spiro atoms. The van der Waals surface area contributed by atoms with Crippen LogP contribution < -0.4 is 5.32 Å². The number of nitrogens with zero attached hydrogens (tertiary/aromatic N) is 2. The van der Waals surface area contributed by atoms with E-state index in [1.807, 2.05) is 0 Å². The van der Waals surface area contributed by atoms with Crippen molar-refractivity contribution in [2.24, 2.45) is 0 Å². The maximum absolute atomic E-state index is 11.0. The monoisotopic (exact) mass is 193 g/mol. The second kappa shape index (κ2) is 5.06. The minimum Gasteiger partial charge on any atom is -0.350 e. The number of carbonyl (C=O) groups is 2. The van der Waals surface area contributed by atoms with Crippen LogP contribution in [-0.2, 0) is 16.1 Å². The number of carbonyl (C=O) groups excluding carboxylic acids is 2. The van der Waals surface area contributed by atoms with E-state index in [1.165, 1.54) is 6.92 Å². The molecule has 1 amide bonds. The highest BCUT2D eigenvalue weighted by molar-refractivity contribution is 5.96. The van der Waals surface area contributed by atoms with E-state index in [4.69, 9.17) is 0 Å². The number of aromatic nitrogens is 2. The highest BCUT2D eigenvalue weighted by atomic mass is 16.2. The van der Waals surface area contributed by atoms with Gasteiger partial charge in [0, 0.05) is 6.20 Å². The normalized spacial score (nSPS) is 9.50. The largest absolute Gasteiger partial charge is 0.350 e. The van der Waals surface area contributed by atoms with Crippen molar-refractivity contribution in [1.29, 1.82) is 0 Å². The molecule has 0 aromatic carbocycles. The summed E-state index contributed by atoms with van der Waals surface area (Å²) in [6.45, 7) is 1.68. The standard InChI is InChI=1S/C9H11N3O2/c1-7(13)5-9(14)10-6-8-3-2-4-11-12-8/h2-4H,5-6H2,1H3,(H,10,14). The van der Waals surface area contributed by atoms with Crippen molar-refractivity contribution in [1.82, 2.24) is 15.5 Å².